The number of benzene rings is 9. The highest BCUT2D eigenvalue weighted by Crippen LogP contribution is 2.45. The van der Waals surface area contributed by atoms with E-state index in [0.717, 1.165) is 55.5 Å². The van der Waals surface area contributed by atoms with Crippen LogP contribution in [0.1, 0.15) is 0 Å². The third-order valence-electron chi connectivity index (χ3n) is 11.1. The molecule has 0 aliphatic rings. The van der Waals surface area contributed by atoms with Gasteiger partial charge >= 0.3 is 0 Å². The van der Waals surface area contributed by atoms with Crippen LogP contribution in [0.4, 0.5) is 17.1 Å². The number of aromatic nitrogens is 1. The van der Waals surface area contributed by atoms with Gasteiger partial charge in [0.1, 0.15) is 5.58 Å². The molecular weight excluding hydrogens is 681 g/mol. The molecule has 0 unspecified atom stereocenters. The van der Waals surface area contributed by atoms with Gasteiger partial charge in [0.05, 0.1) is 11.2 Å². The maximum atomic E-state index is 6.78. The zero-order valence-electron chi connectivity index (χ0n) is 30.4. The minimum Gasteiger partial charge on any atom is -0.454 e. The van der Waals surface area contributed by atoms with Gasteiger partial charge in [-0.2, -0.15) is 0 Å². The van der Waals surface area contributed by atoms with Gasteiger partial charge in [0.2, 0.25) is 0 Å². The number of para-hydroxylation sites is 1. The molecule has 9 aromatic carbocycles. The lowest BCUT2D eigenvalue weighted by molar-refractivity contribution is 0.669. The molecule has 0 N–H and O–H groups in total. The maximum Gasteiger partial charge on any atom is 0.159 e. The quantitative estimate of drug-likeness (QED) is 0.172. The highest BCUT2D eigenvalue weighted by atomic mass is 16.3. The Bertz CT molecular complexity index is 3230. The van der Waals surface area contributed by atoms with Gasteiger partial charge in [0.25, 0.3) is 0 Å². The predicted molar refractivity (Wildman–Crippen MR) is 235 cm³/mol. The van der Waals surface area contributed by atoms with Crippen LogP contribution in [0.25, 0.3) is 87.8 Å². The fourth-order valence-corrected chi connectivity index (χ4v) is 8.44. The molecule has 0 fully saturated rings. The topological polar surface area (TPSA) is 29.3 Å². The Balaban J connectivity index is 1.09. The first-order valence-corrected chi connectivity index (χ1v) is 19.0. The first-order chi connectivity index (χ1) is 27.8. The molecule has 0 aliphatic carbocycles. The summed E-state index contributed by atoms with van der Waals surface area (Å²) in [5.41, 5.74) is 12.8. The highest BCUT2D eigenvalue weighted by Gasteiger charge is 2.21. The van der Waals surface area contributed by atoms with Crippen molar-refractivity contribution in [2.45, 2.75) is 0 Å². The number of pyridine rings is 1. The van der Waals surface area contributed by atoms with Gasteiger partial charge in [-0.1, -0.05) is 152 Å². The lowest BCUT2D eigenvalue weighted by Crippen LogP contribution is -2.10. The van der Waals surface area contributed by atoms with Crippen LogP contribution in [0.3, 0.4) is 0 Å². The van der Waals surface area contributed by atoms with Crippen molar-refractivity contribution in [3.05, 3.63) is 206 Å². The van der Waals surface area contributed by atoms with Crippen LogP contribution in [-0.4, -0.2) is 4.98 Å². The number of hydrogen-bond acceptors (Lipinski definition) is 3. The van der Waals surface area contributed by atoms with Crippen LogP contribution in [0.5, 0.6) is 0 Å². The van der Waals surface area contributed by atoms with Crippen molar-refractivity contribution in [2.24, 2.45) is 0 Å². The van der Waals surface area contributed by atoms with E-state index in [4.69, 9.17) is 4.42 Å². The molecular formula is C53H34N2O. The Hall–Kier alpha value is -7.49. The molecule has 0 bridgehead atoms. The van der Waals surface area contributed by atoms with Crippen molar-refractivity contribution >= 4 is 71.4 Å². The van der Waals surface area contributed by atoms with Crippen LogP contribution in [0.15, 0.2) is 211 Å². The normalized spacial score (nSPS) is 11.6. The van der Waals surface area contributed by atoms with E-state index in [2.05, 4.69) is 204 Å². The van der Waals surface area contributed by atoms with E-state index in [1.807, 2.05) is 12.3 Å². The van der Waals surface area contributed by atoms with Gasteiger partial charge < -0.3 is 9.32 Å². The molecule has 0 spiro atoms. The van der Waals surface area contributed by atoms with Gasteiger partial charge in [-0.05, 0) is 97.4 Å². The SMILES string of the molecule is c1ccc(-c2ccc3ccccc3c2-c2ccc(N(c3ccc(-c4cccc5ccccc45)cc3)c3cccc4c3oc3cc5ncccc5cc34)cc2)cc1. The Morgan fingerprint density at radius 1 is 0.393 bits per heavy atom. The number of fused-ring (bicyclic) bond motifs is 6. The summed E-state index contributed by atoms with van der Waals surface area (Å²) in [7, 11) is 0. The summed E-state index contributed by atoms with van der Waals surface area (Å²) in [5, 5.41) is 8.17. The molecule has 0 aliphatic heterocycles. The molecule has 0 amide bonds. The van der Waals surface area contributed by atoms with Crippen molar-refractivity contribution in [3.63, 3.8) is 0 Å². The molecule has 2 heterocycles. The van der Waals surface area contributed by atoms with E-state index >= 15 is 0 Å². The molecule has 0 atom stereocenters. The first-order valence-electron chi connectivity index (χ1n) is 19.0. The predicted octanol–water partition coefficient (Wildman–Crippen LogP) is 14.9. The summed E-state index contributed by atoms with van der Waals surface area (Å²) in [4.78, 5) is 6.93. The zero-order valence-corrected chi connectivity index (χ0v) is 30.4. The average Bonchev–Trinajstić information content (AvgIpc) is 3.64. The Kier molecular flexibility index (Phi) is 7.49. The third-order valence-corrected chi connectivity index (χ3v) is 11.1. The van der Waals surface area contributed by atoms with Gasteiger partial charge in [-0.25, -0.2) is 0 Å². The second-order valence-electron chi connectivity index (χ2n) is 14.3. The van der Waals surface area contributed by atoms with E-state index in [-0.39, 0.29) is 0 Å². The number of nitrogens with zero attached hydrogens (tertiary/aromatic N) is 2. The minimum atomic E-state index is 0.824. The monoisotopic (exact) mass is 714 g/mol. The van der Waals surface area contributed by atoms with Crippen molar-refractivity contribution in [1.29, 1.82) is 0 Å². The van der Waals surface area contributed by atoms with Crippen molar-refractivity contribution < 1.29 is 4.42 Å². The summed E-state index contributed by atoms with van der Waals surface area (Å²) >= 11 is 0. The molecule has 262 valence electrons. The van der Waals surface area contributed by atoms with E-state index in [0.29, 0.717) is 0 Å². The average molecular weight is 715 g/mol. The molecule has 3 heteroatoms. The summed E-state index contributed by atoms with van der Waals surface area (Å²) in [6.45, 7) is 0. The summed E-state index contributed by atoms with van der Waals surface area (Å²) in [5.74, 6) is 0. The number of hydrogen-bond donors (Lipinski definition) is 0. The van der Waals surface area contributed by atoms with E-state index in [9.17, 15) is 0 Å². The van der Waals surface area contributed by atoms with Crippen LogP contribution < -0.4 is 4.90 Å². The van der Waals surface area contributed by atoms with Crippen LogP contribution in [0.2, 0.25) is 0 Å². The van der Waals surface area contributed by atoms with Gasteiger partial charge in [-0.15, -0.1) is 0 Å². The molecule has 11 aromatic rings. The first kappa shape index (κ1) is 32.0. The van der Waals surface area contributed by atoms with Crippen LogP contribution in [0, 0.1) is 0 Å². The van der Waals surface area contributed by atoms with Crippen LogP contribution >= 0.6 is 0 Å². The van der Waals surface area contributed by atoms with E-state index in [1.54, 1.807) is 0 Å². The smallest absolute Gasteiger partial charge is 0.159 e. The summed E-state index contributed by atoms with van der Waals surface area (Å²) in [6, 6.07) is 71.6. The molecule has 0 radical (unpaired) electrons. The van der Waals surface area contributed by atoms with Crippen molar-refractivity contribution in [2.75, 3.05) is 4.90 Å². The Labute approximate surface area is 324 Å². The molecule has 11 rings (SSSR count). The Morgan fingerprint density at radius 3 is 1.82 bits per heavy atom. The molecule has 56 heavy (non-hydrogen) atoms. The molecule has 2 aromatic heterocycles. The standard InChI is InChI=1S/C53H34N2O/c1-2-11-36(12-3-1)46-31-26-37-14-5-7-18-45(37)52(46)39-24-29-42(30-25-39)55(41-27-22-38(23-28-41)44-19-8-15-35-13-4-6-17-43(35)44)50-21-9-20-47-48-33-40-16-10-32-54-49(40)34-51(48)56-53(47)50/h1-34H. The lowest BCUT2D eigenvalue weighted by Gasteiger charge is -2.26. The van der Waals surface area contributed by atoms with Crippen molar-refractivity contribution in [1.82, 2.24) is 4.98 Å². The van der Waals surface area contributed by atoms with E-state index < -0.39 is 0 Å². The summed E-state index contributed by atoms with van der Waals surface area (Å²) < 4.78 is 6.78. The molecule has 0 saturated heterocycles. The van der Waals surface area contributed by atoms with E-state index in [1.165, 1.54) is 49.4 Å². The van der Waals surface area contributed by atoms with Gasteiger partial charge in [0, 0.05) is 39.8 Å². The second-order valence-corrected chi connectivity index (χ2v) is 14.3. The lowest BCUT2D eigenvalue weighted by atomic mass is 9.89. The Morgan fingerprint density at radius 2 is 1.02 bits per heavy atom. The fraction of sp³-hybridized carbons (Fsp3) is 0. The largest absolute Gasteiger partial charge is 0.454 e. The minimum absolute atomic E-state index is 0.824. The maximum absolute atomic E-state index is 6.78. The zero-order chi connectivity index (χ0) is 37.0. The molecule has 0 saturated carbocycles. The number of anilines is 3. The number of furan rings is 1. The van der Waals surface area contributed by atoms with Gasteiger partial charge in [-0.3, -0.25) is 4.98 Å². The highest BCUT2D eigenvalue weighted by molar-refractivity contribution is 6.13. The molecule has 3 nitrogen and oxygen atoms in total. The third kappa shape index (κ3) is 5.32. The second kappa shape index (κ2) is 13.1. The fourth-order valence-electron chi connectivity index (χ4n) is 8.44. The number of rotatable bonds is 6. The van der Waals surface area contributed by atoms with Crippen LogP contribution in [-0.2, 0) is 0 Å². The summed E-state index contributed by atoms with van der Waals surface area (Å²) in [6.07, 6.45) is 1.83. The van der Waals surface area contributed by atoms with Gasteiger partial charge in [0.15, 0.2) is 5.58 Å². The van der Waals surface area contributed by atoms with Crippen molar-refractivity contribution in [3.8, 4) is 33.4 Å².